The second-order valence-electron chi connectivity index (χ2n) is 8.77. The fourth-order valence-electron chi connectivity index (χ4n) is 4.30. The normalized spacial score (nSPS) is 17.0. The van der Waals surface area contributed by atoms with Crippen molar-refractivity contribution in [3.8, 4) is 0 Å². The van der Waals surface area contributed by atoms with Crippen LogP contribution in [0.2, 0.25) is 0 Å². The molecule has 2 fully saturated rings. The van der Waals surface area contributed by atoms with Crippen LogP contribution in [0.4, 0.5) is 16.0 Å². The summed E-state index contributed by atoms with van der Waals surface area (Å²) in [5.41, 5.74) is 4.02. The van der Waals surface area contributed by atoms with Gasteiger partial charge in [0.2, 0.25) is 22.1 Å². The summed E-state index contributed by atoms with van der Waals surface area (Å²) in [7, 11) is 1.82. The number of piperazine rings is 1. The summed E-state index contributed by atoms with van der Waals surface area (Å²) in [5, 5.41) is 12.5. The van der Waals surface area contributed by atoms with Crippen LogP contribution < -0.4 is 20.0 Å². The third-order valence-corrected chi connectivity index (χ3v) is 7.52. The summed E-state index contributed by atoms with van der Waals surface area (Å²) in [6.45, 7) is 10.7. The number of hydrogen-bond acceptors (Lipinski definition) is 8. The molecular formula is C23H33N7O2S. The molecule has 2 aliphatic heterocycles. The molecule has 0 unspecified atom stereocenters. The predicted octanol–water partition coefficient (Wildman–Crippen LogP) is 1.66. The highest BCUT2D eigenvalue weighted by Gasteiger charge is 2.26. The minimum Gasteiger partial charge on any atom is -0.369 e. The van der Waals surface area contributed by atoms with Crippen LogP contribution in [0, 0.1) is 13.8 Å². The Balaban J connectivity index is 1.17. The summed E-state index contributed by atoms with van der Waals surface area (Å²) in [6, 6.07) is 6.50. The molecule has 0 spiro atoms. The van der Waals surface area contributed by atoms with E-state index in [4.69, 9.17) is 0 Å². The largest absolute Gasteiger partial charge is 0.369 e. The van der Waals surface area contributed by atoms with E-state index in [-0.39, 0.29) is 18.4 Å². The topological polar surface area (TPSA) is 84.9 Å². The Hall–Kier alpha value is -2.72. The van der Waals surface area contributed by atoms with Gasteiger partial charge in [0, 0.05) is 65.0 Å². The molecule has 2 aliphatic rings. The Morgan fingerprint density at radius 2 is 1.94 bits per heavy atom. The van der Waals surface area contributed by atoms with Crippen molar-refractivity contribution in [2.45, 2.75) is 26.7 Å². The first-order valence-electron chi connectivity index (χ1n) is 11.6. The van der Waals surface area contributed by atoms with Crippen LogP contribution in [0.5, 0.6) is 0 Å². The van der Waals surface area contributed by atoms with Gasteiger partial charge in [0.1, 0.15) is 0 Å². The zero-order valence-electron chi connectivity index (χ0n) is 19.7. The van der Waals surface area contributed by atoms with Crippen LogP contribution in [0.15, 0.2) is 18.2 Å². The lowest BCUT2D eigenvalue weighted by atomic mass is 10.1. The van der Waals surface area contributed by atoms with Gasteiger partial charge in [-0.3, -0.25) is 19.4 Å². The number of amides is 2. The monoisotopic (exact) mass is 471 g/mol. The molecule has 2 saturated heterocycles. The lowest BCUT2D eigenvalue weighted by Crippen LogP contribution is -2.49. The Labute approximate surface area is 199 Å². The van der Waals surface area contributed by atoms with E-state index in [2.05, 4.69) is 57.4 Å². The molecule has 0 atom stereocenters. The van der Waals surface area contributed by atoms with Gasteiger partial charge in [-0.1, -0.05) is 23.5 Å². The number of rotatable bonds is 8. The van der Waals surface area contributed by atoms with Crippen LogP contribution in [0.25, 0.3) is 0 Å². The number of nitrogens with one attached hydrogen (secondary N) is 1. The standard InChI is InChI=1S/C23H33N7O2S/c1-17-6-4-7-19(18(17)2)29-14-12-28(13-15-29)11-9-24-20(31)16-27(3)22-25-26-23(33-22)30-10-5-8-21(30)32/h4,6-7H,5,8-16H2,1-3H3,(H,24,31). The van der Waals surface area contributed by atoms with Crippen LogP contribution in [0.3, 0.4) is 0 Å². The van der Waals surface area contributed by atoms with E-state index < -0.39 is 0 Å². The van der Waals surface area contributed by atoms with Gasteiger partial charge in [-0.2, -0.15) is 0 Å². The second-order valence-corrected chi connectivity index (χ2v) is 9.70. The summed E-state index contributed by atoms with van der Waals surface area (Å²) >= 11 is 1.35. The molecule has 33 heavy (non-hydrogen) atoms. The maximum absolute atomic E-state index is 12.4. The first-order chi connectivity index (χ1) is 15.9. The third kappa shape index (κ3) is 5.62. The zero-order chi connectivity index (χ0) is 23.4. The molecule has 2 amide bonds. The zero-order valence-corrected chi connectivity index (χ0v) is 20.5. The molecular weight excluding hydrogens is 438 g/mol. The highest BCUT2D eigenvalue weighted by Crippen LogP contribution is 2.29. The average molecular weight is 472 g/mol. The molecule has 4 rings (SSSR count). The van der Waals surface area contributed by atoms with Crippen molar-refractivity contribution >= 4 is 39.1 Å². The van der Waals surface area contributed by atoms with Crippen molar-refractivity contribution in [3.63, 3.8) is 0 Å². The van der Waals surface area contributed by atoms with E-state index >= 15 is 0 Å². The van der Waals surface area contributed by atoms with E-state index in [0.717, 1.165) is 39.1 Å². The van der Waals surface area contributed by atoms with Crippen LogP contribution in [-0.2, 0) is 9.59 Å². The van der Waals surface area contributed by atoms with Gasteiger partial charge in [0.15, 0.2) is 0 Å². The molecule has 1 aromatic carbocycles. The number of likely N-dealkylation sites (N-methyl/N-ethyl adjacent to an activating group) is 1. The third-order valence-electron chi connectivity index (χ3n) is 6.45. The van der Waals surface area contributed by atoms with Gasteiger partial charge >= 0.3 is 0 Å². The van der Waals surface area contributed by atoms with Crippen molar-refractivity contribution in [1.82, 2.24) is 20.4 Å². The van der Waals surface area contributed by atoms with Gasteiger partial charge in [-0.25, -0.2) is 0 Å². The lowest BCUT2D eigenvalue weighted by Gasteiger charge is -2.37. The number of hydrogen-bond donors (Lipinski definition) is 1. The average Bonchev–Trinajstić information content (AvgIpc) is 3.45. The van der Waals surface area contributed by atoms with Crippen molar-refractivity contribution in [1.29, 1.82) is 0 Å². The molecule has 0 saturated carbocycles. The lowest BCUT2D eigenvalue weighted by molar-refractivity contribution is -0.120. The number of anilines is 3. The number of aromatic nitrogens is 2. The van der Waals surface area contributed by atoms with Crippen LogP contribution >= 0.6 is 11.3 Å². The van der Waals surface area contributed by atoms with Gasteiger partial charge in [-0.15, -0.1) is 10.2 Å². The molecule has 178 valence electrons. The highest BCUT2D eigenvalue weighted by atomic mass is 32.1. The number of nitrogens with zero attached hydrogens (tertiary/aromatic N) is 6. The minimum atomic E-state index is -0.0412. The fraction of sp³-hybridized carbons (Fsp3) is 0.565. The summed E-state index contributed by atoms with van der Waals surface area (Å²) < 4.78 is 0. The molecule has 1 N–H and O–H groups in total. The maximum Gasteiger partial charge on any atom is 0.239 e. The van der Waals surface area contributed by atoms with Crippen molar-refractivity contribution in [2.24, 2.45) is 0 Å². The quantitative estimate of drug-likeness (QED) is 0.627. The molecule has 2 aromatic rings. The number of benzene rings is 1. The van der Waals surface area contributed by atoms with Gasteiger partial charge in [0.05, 0.1) is 6.54 Å². The highest BCUT2D eigenvalue weighted by molar-refractivity contribution is 7.19. The Morgan fingerprint density at radius 1 is 1.15 bits per heavy atom. The van der Waals surface area contributed by atoms with Crippen molar-refractivity contribution < 1.29 is 9.59 Å². The van der Waals surface area contributed by atoms with Gasteiger partial charge < -0.3 is 15.1 Å². The van der Waals surface area contributed by atoms with Gasteiger partial charge in [-0.05, 0) is 37.5 Å². The van der Waals surface area contributed by atoms with E-state index in [9.17, 15) is 9.59 Å². The number of carbonyl (C=O) groups is 2. The van der Waals surface area contributed by atoms with Crippen molar-refractivity contribution in [2.75, 3.05) is 74.1 Å². The summed E-state index contributed by atoms with van der Waals surface area (Å²) in [4.78, 5) is 32.6. The maximum atomic E-state index is 12.4. The number of aryl methyl sites for hydroxylation is 1. The second kappa shape index (κ2) is 10.5. The Bertz CT molecular complexity index is 987. The minimum absolute atomic E-state index is 0.0412. The Morgan fingerprint density at radius 3 is 2.67 bits per heavy atom. The predicted molar refractivity (Wildman–Crippen MR) is 132 cm³/mol. The molecule has 0 aliphatic carbocycles. The number of carbonyl (C=O) groups excluding carboxylic acids is 2. The molecule has 0 radical (unpaired) electrons. The van der Waals surface area contributed by atoms with Crippen LogP contribution in [0.1, 0.15) is 24.0 Å². The first kappa shape index (κ1) is 23.4. The smallest absolute Gasteiger partial charge is 0.239 e. The van der Waals surface area contributed by atoms with E-state index in [1.54, 1.807) is 9.80 Å². The Kier molecular flexibility index (Phi) is 7.44. The molecule has 1 aromatic heterocycles. The van der Waals surface area contributed by atoms with Gasteiger partial charge in [0.25, 0.3) is 0 Å². The molecule has 10 heteroatoms. The molecule has 9 nitrogen and oxygen atoms in total. The molecule has 0 bridgehead atoms. The fourth-order valence-corrected chi connectivity index (χ4v) is 5.15. The first-order valence-corrected chi connectivity index (χ1v) is 12.4. The van der Waals surface area contributed by atoms with E-state index in [1.165, 1.54) is 28.2 Å². The molecule has 3 heterocycles. The summed E-state index contributed by atoms with van der Waals surface area (Å²) in [6.07, 6.45) is 1.42. The van der Waals surface area contributed by atoms with E-state index in [1.807, 2.05) is 7.05 Å². The summed E-state index contributed by atoms with van der Waals surface area (Å²) in [5.74, 6) is 0.0495. The van der Waals surface area contributed by atoms with E-state index in [0.29, 0.717) is 29.8 Å². The SMILES string of the molecule is Cc1cccc(N2CCN(CCNC(=O)CN(C)c3nnc(N4CCCC4=O)s3)CC2)c1C. The van der Waals surface area contributed by atoms with Crippen LogP contribution in [-0.4, -0.2) is 86.3 Å². The van der Waals surface area contributed by atoms with Crippen molar-refractivity contribution in [3.05, 3.63) is 29.3 Å².